The van der Waals surface area contributed by atoms with Gasteiger partial charge < -0.3 is 0 Å². The standard InChI is InChI=1S/C6H11I/c1-5-3-2-4-6(5)7/h5-6H,2-4H2,1H3/t5-,6+/m1/s1. The second kappa shape index (κ2) is 2.33. The topological polar surface area (TPSA) is 0 Å². The molecule has 0 amide bonds. The van der Waals surface area contributed by atoms with Crippen LogP contribution in [0.4, 0.5) is 0 Å². The van der Waals surface area contributed by atoms with Crippen LogP contribution in [-0.4, -0.2) is 3.92 Å². The summed E-state index contributed by atoms with van der Waals surface area (Å²) >= 11 is 2.56. The largest absolute Gasteiger partial charge is 0.0823 e. The van der Waals surface area contributed by atoms with E-state index >= 15 is 0 Å². The van der Waals surface area contributed by atoms with Crippen LogP contribution in [0.3, 0.4) is 0 Å². The number of halogens is 1. The van der Waals surface area contributed by atoms with E-state index in [2.05, 4.69) is 29.5 Å². The summed E-state index contributed by atoms with van der Waals surface area (Å²) in [6.07, 6.45) is 4.39. The van der Waals surface area contributed by atoms with Crippen molar-refractivity contribution in [1.82, 2.24) is 0 Å². The van der Waals surface area contributed by atoms with Crippen molar-refractivity contribution in [2.24, 2.45) is 5.92 Å². The minimum atomic E-state index is 0.984. The van der Waals surface area contributed by atoms with Crippen LogP contribution < -0.4 is 0 Å². The summed E-state index contributed by atoms with van der Waals surface area (Å²) in [4.78, 5) is 0. The molecule has 0 aliphatic heterocycles. The van der Waals surface area contributed by atoms with Crippen molar-refractivity contribution in [3.63, 3.8) is 0 Å². The lowest BCUT2D eigenvalue weighted by Gasteiger charge is -2.03. The molecule has 0 unspecified atom stereocenters. The van der Waals surface area contributed by atoms with Gasteiger partial charge in [0.25, 0.3) is 0 Å². The van der Waals surface area contributed by atoms with Gasteiger partial charge >= 0.3 is 0 Å². The lowest BCUT2D eigenvalue weighted by Crippen LogP contribution is -1.98. The highest BCUT2D eigenvalue weighted by atomic mass is 127. The Labute approximate surface area is 58.8 Å². The Balaban J connectivity index is 2.33. The van der Waals surface area contributed by atoms with Crippen LogP contribution in [-0.2, 0) is 0 Å². The van der Waals surface area contributed by atoms with Gasteiger partial charge in [0.2, 0.25) is 0 Å². The Bertz CT molecular complexity index is 53.2. The molecule has 0 radical (unpaired) electrons. The summed E-state index contributed by atoms with van der Waals surface area (Å²) in [7, 11) is 0. The van der Waals surface area contributed by atoms with Gasteiger partial charge in [-0.05, 0) is 18.8 Å². The fourth-order valence-electron chi connectivity index (χ4n) is 1.10. The molecule has 0 spiro atoms. The van der Waals surface area contributed by atoms with E-state index in [1.165, 1.54) is 19.3 Å². The number of hydrogen-bond donors (Lipinski definition) is 0. The van der Waals surface area contributed by atoms with Crippen molar-refractivity contribution in [2.75, 3.05) is 0 Å². The van der Waals surface area contributed by atoms with Gasteiger partial charge in [-0.25, -0.2) is 0 Å². The van der Waals surface area contributed by atoms with Crippen LogP contribution >= 0.6 is 22.6 Å². The molecule has 2 atom stereocenters. The maximum absolute atomic E-state index is 2.56. The summed E-state index contributed by atoms with van der Waals surface area (Å²) < 4.78 is 0.984. The number of hydrogen-bond acceptors (Lipinski definition) is 0. The van der Waals surface area contributed by atoms with Crippen molar-refractivity contribution in [2.45, 2.75) is 30.1 Å². The first-order valence-electron chi connectivity index (χ1n) is 2.95. The minimum Gasteiger partial charge on any atom is -0.0823 e. The molecule has 0 aromatic carbocycles. The Morgan fingerprint density at radius 2 is 2.14 bits per heavy atom. The average Bonchev–Trinajstić information content (AvgIpc) is 1.91. The summed E-state index contributed by atoms with van der Waals surface area (Å²) in [5, 5.41) is 0. The SMILES string of the molecule is C[C@@H]1CCC[C@@H]1I. The molecule has 1 saturated carbocycles. The molecule has 0 saturated heterocycles. The van der Waals surface area contributed by atoms with E-state index in [0.29, 0.717) is 0 Å². The molecule has 0 aromatic rings. The molecule has 0 aromatic heterocycles. The van der Waals surface area contributed by atoms with Crippen LogP contribution in [0, 0.1) is 5.92 Å². The molecule has 1 fully saturated rings. The van der Waals surface area contributed by atoms with Gasteiger partial charge in [0.05, 0.1) is 0 Å². The van der Waals surface area contributed by atoms with Crippen LogP contribution in [0.15, 0.2) is 0 Å². The predicted molar refractivity (Wildman–Crippen MR) is 40.8 cm³/mol. The van der Waals surface area contributed by atoms with Crippen molar-refractivity contribution in [3.8, 4) is 0 Å². The van der Waals surface area contributed by atoms with Crippen LogP contribution in [0.2, 0.25) is 0 Å². The van der Waals surface area contributed by atoms with Crippen LogP contribution in [0.5, 0.6) is 0 Å². The second-order valence-electron chi connectivity index (χ2n) is 2.42. The Morgan fingerprint density at radius 3 is 2.29 bits per heavy atom. The molecule has 0 nitrogen and oxygen atoms in total. The van der Waals surface area contributed by atoms with Gasteiger partial charge in [-0.15, -0.1) is 0 Å². The monoisotopic (exact) mass is 210 g/mol. The first-order chi connectivity index (χ1) is 3.30. The van der Waals surface area contributed by atoms with E-state index in [4.69, 9.17) is 0 Å². The lowest BCUT2D eigenvalue weighted by molar-refractivity contribution is 0.638. The molecular formula is C6H11I. The molecular weight excluding hydrogens is 199 g/mol. The highest BCUT2D eigenvalue weighted by Crippen LogP contribution is 2.30. The zero-order valence-corrected chi connectivity index (χ0v) is 6.81. The zero-order chi connectivity index (χ0) is 5.28. The molecule has 0 bridgehead atoms. The molecule has 1 heteroatoms. The van der Waals surface area contributed by atoms with E-state index in [9.17, 15) is 0 Å². The van der Waals surface area contributed by atoms with E-state index < -0.39 is 0 Å². The van der Waals surface area contributed by atoms with E-state index in [1.54, 1.807) is 0 Å². The zero-order valence-electron chi connectivity index (χ0n) is 4.65. The number of alkyl halides is 1. The molecule has 1 aliphatic rings. The average molecular weight is 210 g/mol. The molecule has 7 heavy (non-hydrogen) atoms. The maximum atomic E-state index is 2.56. The highest BCUT2D eigenvalue weighted by Gasteiger charge is 2.19. The fraction of sp³-hybridized carbons (Fsp3) is 1.00. The summed E-state index contributed by atoms with van der Waals surface area (Å²) in [5.41, 5.74) is 0. The molecule has 1 aliphatic carbocycles. The van der Waals surface area contributed by atoms with Gasteiger partial charge in [-0.3, -0.25) is 0 Å². The van der Waals surface area contributed by atoms with Gasteiger partial charge in [-0.1, -0.05) is 35.9 Å². The first kappa shape index (κ1) is 5.86. The van der Waals surface area contributed by atoms with Gasteiger partial charge in [-0.2, -0.15) is 0 Å². The van der Waals surface area contributed by atoms with E-state index in [1.807, 2.05) is 0 Å². The third kappa shape index (κ3) is 1.31. The van der Waals surface area contributed by atoms with Gasteiger partial charge in [0, 0.05) is 3.92 Å². The fourth-order valence-corrected chi connectivity index (χ4v) is 1.90. The Morgan fingerprint density at radius 1 is 1.43 bits per heavy atom. The first-order valence-corrected chi connectivity index (χ1v) is 4.19. The molecule has 1 rings (SSSR count). The smallest absolute Gasteiger partial charge is 0.0135 e. The van der Waals surface area contributed by atoms with Gasteiger partial charge in [0.15, 0.2) is 0 Å². The van der Waals surface area contributed by atoms with Crippen molar-refractivity contribution < 1.29 is 0 Å². The number of rotatable bonds is 0. The Hall–Kier alpha value is 0.730. The maximum Gasteiger partial charge on any atom is 0.0135 e. The third-order valence-corrected chi connectivity index (χ3v) is 3.61. The van der Waals surface area contributed by atoms with Crippen molar-refractivity contribution in [3.05, 3.63) is 0 Å². The molecule has 42 valence electrons. The highest BCUT2D eigenvalue weighted by molar-refractivity contribution is 14.1. The molecule has 0 heterocycles. The molecule has 0 N–H and O–H groups in total. The minimum absolute atomic E-state index is 0.984. The van der Waals surface area contributed by atoms with E-state index in [-0.39, 0.29) is 0 Å². The van der Waals surface area contributed by atoms with Gasteiger partial charge in [0.1, 0.15) is 0 Å². The summed E-state index contributed by atoms with van der Waals surface area (Å²) in [6.45, 7) is 2.35. The second-order valence-corrected chi connectivity index (χ2v) is 4.02. The summed E-state index contributed by atoms with van der Waals surface area (Å²) in [6, 6.07) is 0. The Kier molecular flexibility index (Phi) is 1.95. The lowest BCUT2D eigenvalue weighted by atomic mass is 10.1. The van der Waals surface area contributed by atoms with Crippen LogP contribution in [0.25, 0.3) is 0 Å². The quantitative estimate of drug-likeness (QED) is 0.425. The third-order valence-electron chi connectivity index (χ3n) is 1.76. The van der Waals surface area contributed by atoms with Crippen LogP contribution in [0.1, 0.15) is 26.2 Å². The normalized spacial score (nSPS) is 42.0. The predicted octanol–water partition coefficient (Wildman–Crippen LogP) is 2.61. The van der Waals surface area contributed by atoms with Crippen molar-refractivity contribution >= 4 is 22.6 Å². The van der Waals surface area contributed by atoms with E-state index in [0.717, 1.165) is 9.84 Å². The van der Waals surface area contributed by atoms with Crippen molar-refractivity contribution in [1.29, 1.82) is 0 Å². The summed E-state index contributed by atoms with van der Waals surface area (Å²) in [5.74, 6) is 1.00.